The molecule has 0 spiro atoms. The maximum absolute atomic E-state index is 9.52. The lowest BCUT2D eigenvalue weighted by atomic mass is 9.91. The number of hydrogen-bond acceptors (Lipinski definition) is 2. The van der Waals surface area contributed by atoms with Gasteiger partial charge >= 0.3 is 0 Å². The second kappa shape index (κ2) is 5.40. The highest BCUT2D eigenvalue weighted by Crippen LogP contribution is 2.30. The van der Waals surface area contributed by atoms with Gasteiger partial charge in [0, 0.05) is 0 Å². The van der Waals surface area contributed by atoms with Crippen LogP contribution in [-0.2, 0) is 0 Å². The fourth-order valence-corrected chi connectivity index (χ4v) is 2.48. The molecule has 0 radical (unpaired) electrons. The third-order valence-electron chi connectivity index (χ3n) is 3.35. The highest BCUT2D eigenvalue weighted by molar-refractivity contribution is 5.87. The van der Waals surface area contributed by atoms with Gasteiger partial charge < -0.3 is 9.84 Å². The van der Waals surface area contributed by atoms with Gasteiger partial charge in [-0.15, -0.1) is 0 Å². The van der Waals surface area contributed by atoms with E-state index in [2.05, 4.69) is 31.2 Å². The van der Waals surface area contributed by atoms with Crippen LogP contribution < -0.4 is 4.74 Å². The van der Waals surface area contributed by atoms with Crippen molar-refractivity contribution < 1.29 is 9.84 Å². The SMILES string of the molecule is COc1ccc2c(C(C)CC(C)O)cccc2c1. The Balaban J connectivity index is 2.45. The summed E-state index contributed by atoms with van der Waals surface area (Å²) in [5.74, 6) is 1.23. The van der Waals surface area contributed by atoms with Crippen molar-refractivity contribution in [2.75, 3.05) is 7.11 Å². The summed E-state index contributed by atoms with van der Waals surface area (Å²) in [6.45, 7) is 4.00. The Morgan fingerprint density at radius 2 is 1.94 bits per heavy atom. The lowest BCUT2D eigenvalue weighted by Crippen LogP contribution is -2.06. The molecule has 2 atom stereocenters. The van der Waals surface area contributed by atoms with E-state index in [0.29, 0.717) is 5.92 Å². The van der Waals surface area contributed by atoms with Gasteiger partial charge in [0.2, 0.25) is 0 Å². The fraction of sp³-hybridized carbons (Fsp3) is 0.375. The normalized spacial score (nSPS) is 14.4. The number of fused-ring (bicyclic) bond motifs is 1. The largest absolute Gasteiger partial charge is 0.497 e. The van der Waals surface area contributed by atoms with E-state index >= 15 is 0 Å². The molecular formula is C16H20O2. The standard InChI is InChI=1S/C16H20O2/c1-11(9-12(2)17)15-6-4-5-13-10-14(18-3)7-8-16(13)15/h4-8,10-12,17H,9H2,1-3H3. The highest BCUT2D eigenvalue weighted by atomic mass is 16.5. The number of aliphatic hydroxyl groups excluding tert-OH is 1. The van der Waals surface area contributed by atoms with Crippen molar-refractivity contribution in [3.8, 4) is 5.75 Å². The van der Waals surface area contributed by atoms with Crippen LogP contribution >= 0.6 is 0 Å². The minimum Gasteiger partial charge on any atom is -0.497 e. The van der Waals surface area contributed by atoms with Crippen LogP contribution in [0.2, 0.25) is 0 Å². The monoisotopic (exact) mass is 244 g/mol. The second-order valence-electron chi connectivity index (χ2n) is 4.92. The van der Waals surface area contributed by atoms with E-state index in [0.717, 1.165) is 12.2 Å². The first-order valence-corrected chi connectivity index (χ1v) is 6.36. The van der Waals surface area contributed by atoms with Gasteiger partial charge in [-0.25, -0.2) is 0 Å². The van der Waals surface area contributed by atoms with E-state index in [1.54, 1.807) is 7.11 Å². The zero-order valence-corrected chi connectivity index (χ0v) is 11.2. The molecule has 0 amide bonds. The topological polar surface area (TPSA) is 29.5 Å². The summed E-state index contributed by atoms with van der Waals surface area (Å²) >= 11 is 0. The molecule has 18 heavy (non-hydrogen) atoms. The third-order valence-corrected chi connectivity index (χ3v) is 3.35. The Bertz CT molecular complexity index is 532. The van der Waals surface area contributed by atoms with Gasteiger partial charge in [0.05, 0.1) is 13.2 Å². The Morgan fingerprint density at radius 3 is 2.61 bits per heavy atom. The first-order chi connectivity index (χ1) is 8.61. The van der Waals surface area contributed by atoms with Crippen LogP contribution in [0.15, 0.2) is 36.4 Å². The Kier molecular flexibility index (Phi) is 3.87. The molecule has 2 aromatic rings. The van der Waals surface area contributed by atoms with Crippen molar-refractivity contribution in [2.45, 2.75) is 32.3 Å². The van der Waals surface area contributed by atoms with E-state index in [-0.39, 0.29) is 6.10 Å². The summed E-state index contributed by atoms with van der Waals surface area (Å²) in [6.07, 6.45) is 0.513. The Hall–Kier alpha value is -1.54. The number of hydrogen-bond donors (Lipinski definition) is 1. The minimum atomic E-state index is -0.270. The molecule has 2 nitrogen and oxygen atoms in total. The number of benzene rings is 2. The first kappa shape index (κ1) is 12.9. The van der Waals surface area contributed by atoms with E-state index in [4.69, 9.17) is 4.74 Å². The predicted octanol–water partition coefficient (Wildman–Crippen LogP) is 3.72. The molecule has 0 heterocycles. The molecule has 0 fully saturated rings. The van der Waals surface area contributed by atoms with Crippen LogP contribution in [0, 0.1) is 0 Å². The fourth-order valence-electron chi connectivity index (χ4n) is 2.48. The van der Waals surface area contributed by atoms with Crippen LogP contribution in [-0.4, -0.2) is 18.3 Å². The smallest absolute Gasteiger partial charge is 0.119 e. The summed E-state index contributed by atoms with van der Waals surface area (Å²) in [4.78, 5) is 0. The van der Waals surface area contributed by atoms with E-state index in [1.807, 2.05) is 19.1 Å². The molecule has 0 bridgehead atoms. The molecule has 2 heteroatoms. The molecule has 2 aromatic carbocycles. The van der Waals surface area contributed by atoms with Gasteiger partial charge in [-0.2, -0.15) is 0 Å². The van der Waals surface area contributed by atoms with Gasteiger partial charge in [0.1, 0.15) is 5.75 Å². The number of ether oxygens (including phenoxy) is 1. The maximum Gasteiger partial charge on any atom is 0.119 e. The number of methoxy groups -OCH3 is 1. The summed E-state index contributed by atoms with van der Waals surface area (Å²) in [5.41, 5.74) is 1.29. The Morgan fingerprint density at radius 1 is 1.17 bits per heavy atom. The third kappa shape index (κ3) is 2.65. The lowest BCUT2D eigenvalue weighted by molar-refractivity contribution is 0.177. The molecule has 0 saturated carbocycles. The zero-order chi connectivity index (χ0) is 13.1. The molecule has 0 aromatic heterocycles. The summed E-state index contributed by atoms with van der Waals surface area (Å²) in [6, 6.07) is 12.4. The average molecular weight is 244 g/mol. The van der Waals surface area contributed by atoms with Crippen molar-refractivity contribution in [3.05, 3.63) is 42.0 Å². The molecule has 96 valence electrons. The summed E-state index contributed by atoms with van der Waals surface area (Å²) in [7, 11) is 1.68. The molecule has 0 saturated heterocycles. The first-order valence-electron chi connectivity index (χ1n) is 6.36. The van der Waals surface area contributed by atoms with Crippen LogP contribution in [0.25, 0.3) is 10.8 Å². The van der Waals surface area contributed by atoms with E-state index < -0.39 is 0 Å². The van der Waals surface area contributed by atoms with Crippen molar-refractivity contribution >= 4 is 10.8 Å². The van der Waals surface area contributed by atoms with Crippen molar-refractivity contribution in [1.29, 1.82) is 0 Å². The van der Waals surface area contributed by atoms with Gasteiger partial charge in [0.25, 0.3) is 0 Å². The van der Waals surface area contributed by atoms with Crippen LogP contribution in [0.5, 0.6) is 5.75 Å². The molecular weight excluding hydrogens is 224 g/mol. The second-order valence-corrected chi connectivity index (χ2v) is 4.92. The summed E-state index contributed by atoms with van der Waals surface area (Å²) in [5, 5.41) is 11.9. The minimum absolute atomic E-state index is 0.270. The van der Waals surface area contributed by atoms with Gasteiger partial charge in [-0.1, -0.05) is 31.2 Å². The molecule has 0 aliphatic carbocycles. The quantitative estimate of drug-likeness (QED) is 0.888. The van der Waals surface area contributed by atoms with Crippen molar-refractivity contribution in [1.82, 2.24) is 0 Å². The van der Waals surface area contributed by atoms with E-state index in [1.165, 1.54) is 16.3 Å². The molecule has 0 aliphatic heterocycles. The Labute approximate surface area is 108 Å². The van der Waals surface area contributed by atoms with Gasteiger partial charge in [-0.05, 0) is 47.7 Å². The molecule has 0 aliphatic rings. The van der Waals surface area contributed by atoms with Crippen molar-refractivity contribution in [2.24, 2.45) is 0 Å². The van der Waals surface area contributed by atoms with Crippen LogP contribution in [0.4, 0.5) is 0 Å². The summed E-state index contributed by atoms with van der Waals surface area (Å²) < 4.78 is 5.25. The van der Waals surface area contributed by atoms with Gasteiger partial charge in [-0.3, -0.25) is 0 Å². The highest BCUT2D eigenvalue weighted by Gasteiger charge is 2.12. The molecule has 2 unspecified atom stereocenters. The van der Waals surface area contributed by atoms with Crippen LogP contribution in [0.1, 0.15) is 31.7 Å². The average Bonchev–Trinajstić information content (AvgIpc) is 2.36. The lowest BCUT2D eigenvalue weighted by Gasteiger charge is -2.16. The van der Waals surface area contributed by atoms with Gasteiger partial charge in [0.15, 0.2) is 0 Å². The maximum atomic E-state index is 9.52. The van der Waals surface area contributed by atoms with Crippen molar-refractivity contribution in [3.63, 3.8) is 0 Å². The van der Waals surface area contributed by atoms with E-state index in [9.17, 15) is 5.11 Å². The number of aliphatic hydroxyl groups is 1. The zero-order valence-electron chi connectivity index (χ0n) is 11.2. The molecule has 1 N–H and O–H groups in total. The van der Waals surface area contributed by atoms with Crippen LogP contribution in [0.3, 0.4) is 0 Å². The number of rotatable bonds is 4. The predicted molar refractivity (Wildman–Crippen MR) is 75.2 cm³/mol. The molecule has 2 rings (SSSR count).